The van der Waals surface area contributed by atoms with Gasteiger partial charge in [0, 0.05) is 23.2 Å². The van der Waals surface area contributed by atoms with Gasteiger partial charge in [0.05, 0.1) is 7.11 Å². The topological polar surface area (TPSA) is 84.1 Å². The first kappa shape index (κ1) is 17.7. The summed E-state index contributed by atoms with van der Waals surface area (Å²) in [5, 5.41) is 3.18. The summed E-state index contributed by atoms with van der Waals surface area (Å²) < 4.78 is 5.12. The van der Waals surface area contributed by atoms with Gasteiger partial charge in [-0.25, -0.2) is 4.98 Å². The van der Waals surface area contributed by atoms with Gasteiger partial charge in [0.25, 0.3) is 11.5 Å². The van der Waals surface area contributed by atoms with Crippen molar-refractivity contribution in [1.82, 2.24) is 9.97 Å². The highest BCUT2D eigenvalue weighted by atomic mass is 35.5. The van der Waals surface area contributed by atoms with Crippen molar-refractivity contribution >= 4 is 23.2 Å². The van der Waals surface area contributed by atoms with Crippen LogP contribution in [-0.4, -0.2) is 23.0 Å². The Morgan fingerprint density at radius 1 is 1.19 bits per heavy atom. The number of methoxy groups -OCH3 is 1. The van der Waals surface area contributed by atoms with Gasteiger partial charge in [-0.2, -0.15) is 0 Å². The second-order valence-corrected chi connectivity index (χ2v) is 6.00. The van der Waals surface area contributed by atoms with E-state index in [1.165, 1.54) is 0 Å². The van der Waals surface area contributed by atoms with Gasteiger partial charge in [-0.15, -0.1) is 0 Å². The van der Waals surface area contributed by atoms with E-state index in [2.05, 4.69) is 15.3 Å². The maximum atomic E-state index is 12.4. The lowest BCUT2D eigenvalue weighted by Crippen LogP contribution is -2.20. The number of aromatic nitrogens is 2. The Morgan fingerprint density at radius 2 is 1.96 bits per heavy atom. The quantitative estimate of drug-likeness (QED) is 0.722. The predicted octanol–water partition coefficient (Wildman–Crippen LogP) is 3.28. The second-order valence-electron chi connectivity index (χ2n) is 5.57. The van der Waals surface area contributed by atoms with Crippen LogP contribution in [0, 0.1) is 0 Å². The summed E-state index contributed by atoms with van der Waals surface area (Å²) in [5.41, 5.74) is 1.11. The number of aromatic amines is 1. The minimum Gasteiger partial charge on any atom is -0.497 e. The van der Waals surface area contributed by atoms with Crippen LogP contribution in [-0.2, 0) is 6.42 Å². The molecule has 3 aromatic rings. The van der Waals surface area contributed by atoms with Gasteiger partial charge in [-0.1, -0.05) is 29.8 Å². The fraction of sp³-hybridized carbons (Fsp3) is 0.105. The molecule has 6 nitrogen and oxygen atoms in total. The molecule has 3 rings (SSSR count). The Bertz CT molecular complexity index is 984. The highest BCUT2D eigenvalue weighted by Crippen LogP contribution is 2.16. The highest BCUT2D eigenvalue weighted by molar-refractivity contribution is 6.30. The molecule has 0 spiro atoms. The van der Waals surface area contributed by atoms with Gasteiger partial charge in [-0.3, -0.25) is 9.59 Å². The lowest BCUT2D eigenvalue weighted by molar-refractivity contribution is 0.102. The van der Waals surface area contributed by atoms with Gasteiger partial charge in [0.1, 0.15) is 17.3 Å². The standard InChI is InChI=1S/C19H16ClN3O3/c1-26-15-7-5-12(6-8-15)9-17-22-16(11-18(24)23-17)19(25)21-14-4-2-3-13(20)10-14/h2-8,10-11H,9H2,1H3,(H,21,25)(H,22,23,24). The number of hydrogen-bond donors (Lipinski definition) is 2. The van der Waals surface area contributed by atoms with Crippen molar-refractivity contribution in [2.45, 2.75) is 6.42 Å². The zero-order chi connectivity index (χ0) is 18.5. The molecule has 0 aliphatic heterocycles. The van der Waals surface area contributed by atoms with Gasteiger partial charge in [-0.05, 0) is 35.9 Å². The molecular weight excluding hydrogens is 354 g/mol. The lowest BCUT2D eigenvalue weighted by Gasteiger charge is -2.07. The van der Waals surface area contributed by atoms with E-state index in [0.717, 1.165) is 17.4 Å². The number of amides is 1. The van der Waals surface area contributed by atoms with Crippen LogP contribution in [0.3, 0.4) is 0 Å². The van der Waals surface area contributed by atoms with Crippen LogP contribution in [0.4, 0.5) is 5.69 Å². The number of H-pyrrole nitrogens is 1. The molecule has 0 atom stereocenters. The molecule has 1 aromatic heterocycles. The molecule has 1 heterocycles. The van der Waals surface area contributed by atoms with Crippen LogP contribution in [0.15, 0.2) is 59.4 Å². The first-order valence-corrected chi connectivity index (χ1v) is 8.21. The largest absolute Gasteiger partial charge is 0.497 e. The minimum atomic E-state index is -0.477. The molecule has 2 N–H and O–H groups in total. The molecule has 0 saturated heterocycles. The summed E-state index contributed by atoms with van der Waals surface area (Å²) in [5.74, 6) is 0.665. The third-order valence-electron chi connectivity index (χ3n) is 3.64. The molecule has 0 fully saturated rings. The van der Waals surface area contributed by atoms with E-state index in [1.54, 1.807) is 31.4 Å². The molecule has 1 amide bonds. The summed E-state index contributed by atoms with van der Waals surface area (Å²) in [6, 6.07) is 15.3. The van der Waals surface area contributed by atoms with E-state index in [9.17, 15) is 9.59 Å². The number of halogens is 1. The van der Waals surface area contributed by atoms with Crippen molar-refractivity contribution in [3.05, 3.63) is 87.1 Å². The normalized spacial score (nSPS) is 10.4. The highest BCUT2D eigenvalue weighted by Gasteiger charge is 2.11. The second kappa shape index (κ2) is 7.84. The summed E-state index contributed by atoms with van der Waals surface area (Å²) >= 11 is 5.91. The maximum Gasteiger partial charge on any atom is 0.274 e. The first-order valence-electron chi connectivity index (χ1n) is 7.83. The first-order chi connectivity index (χ1) is 12.5. The monoisotopic (exact) mass is 369 g/mol. The number of ether oxygens (including phenoxy) is 1. The van der Waals surface area contributed by atoms with Crippen LogP contribution >= 0.6 is 11.6 Å². The summed E-state index contributed by atoms with van der Waals surface area (Å²) in [7, 11) is 1.59. The number of rotatable bonds is 5. The Hall–Kier alpha value is -3.12. The van der Waals surface area contributed by atoms with E-state index in [0.29, 0.717) is 23.0 Å². The lowest BCUT2D eigenvalue weighted by atomic mass is 10.1. The average Bonchev–Trinajstić information content (AvgIpc) is 2.62. The van der Waals surface area contributed by atoms with Crippen molar-refractivity contribution < 1.29 is 9.53 Å². The van der Waals surface area contributed by atoms with Crippen molar-refractivity contribution in [2.24, 2.45) is 0 Å². The summed E-state index contributed by atoms with van der Waals surface area (Å²) in [6.07, 6.45) is 0.386. The molecule has 0 saturated carbocycles. The van der Waals surface area contributed by atoms with E-state index in [1.807, 2.05) is 24.3 Å². The van der Waals surface area contributed by atoms with Crippen molar-refractivity contribution in [3.8, 4) is 5.75 Å². The predicted molar refractivity (Wildman–Crippen MR) is 100 cm³/mol. The minimum absolute atomic E-state index is 0.0391. The molecule has 26 heavy (non-hydrogen) atoms. The Balaban J connectivity index is 1.80. The van der Waals surface area contributed by atoms with E-state index >= 15 is 0 Å². The van der Waals surface area contributed by atoms with E-state index < -0.39 is 5.91 Å². The number of hydrogen-bond acceptors (Lipinski definition) is 4. The number of nitrogens with zero attached hydrogens (tertiary/aromatic N) is 1. The van der Waals surface area contributed by atoms with E-state index in [-0.39, 0.29) is 11.3 Å². The van der Waals surface area contributed by atoms with Crippen LogP contribution < -0.4 is 15.6 Å². The molecule has 0 radical (unpaired) electrons. The maximum absolute atomic E-state index is 12.4. The zero-order valence-corrected chi connectivity index (χ0v) is 14.7. The number of benzene rings is 2. The van der Waals surface area contributed by atoms with Crippen molar-refractivity contribution in [3.63, 3.8) is 0 Å². The van der Waals surface area contributed by atoms with Crippen LogP contribution in [0.1, 0.15) is 21.9 Å². The third-order valence-corrected chi connectivity index (χ3v) is 3.87. The number of anilines is 1. The van der Waals surface area contributed by atoms with Crippen LogP contribution in [0.5, 0.6) is 5.75 Å². The number of carbonyl (C=O) groups is 1. The van der Waals surface area contributed by atoms with Crippen molar-refractivity contribution in [2.75, 3.05) is 12.4 Å². The fourth-order valence-corrected chi connectivity index (χ4v) is 2.60. The van der Waals surface area contributed by atoms with Gasteiger partial charge in [0.2, 0.25) is 0 Å². The van der Waals surface area contributed by atoms with E-state index in [4.69, 9.17) is 16.3 Å². The molecule has 132 valence electrons. The Kier molecular flexibility index (Phi) is 5.34. The average molecular weight is 370 g/mol. The molecule has 0 aliphatic carbocycles. The van der Waals surface area contributed by atoms with Crippen LogP contribution in [0.25, 0.3) is 0 Å². The molecule has 2 aromatic carbocycles. The molecule has 0 bridgehead atoms. The smallest absolute Gasteiger partial charge is 0.274 e. The molecule has 0 unspecified atom stereocenters. The van der Waals surface area contributed by atoms with Gasteiger partial charge >= 0.3 is 0 Å². The van der Waals surface area contributed by atoms with Gasteiger partial charge < -0.3 is 15.0 Å². The molecular formula is C19H16ClN3O3. The SMILES string of the molecule is COc1ccc(Cc2nc(C(=O)Nc3cccc(Cl)c3)cc(=O)[nH]2)cc1. The molecule has 7 heteroatoms. The summed E-state index contributed by atoms with van der Waals surface area (Å²) in [6.45, 7) is 0. The zero-order valence-electron chi connectivity index (χ0n) is 14.0. The summed E-state index contributed by atoms with van der Waals surface area (Å²) in [4.78, 5) is 31.2. The fourth-order valence-electron chi connectivity index (χ4n) is 2.41. The number of nitrogens with one attached hydrogen (secondary N) is 2. The Labute approximate surface area is 154 Å². The third kappa shape index (κ3) is 4.49. The number of carbonyl (C=O) groups excluding carboxylic acids is 1. The van der Waals surface area contributed by atoms with Crippen LogP contribution in [0.2, 0.25) is 5.02 Å². The Morgan fingerprint density at radius 3 is 2.65 bits per heavy atom. The van der Waals surface area contributed by atoms with Crippen molar-refractivity contribution in [1.29, 1.82) is 0 Å². The molecule has 0 aliphatic rings. The van der Waals surface area contributed by atoms with Gasteiger partial charge in [0.15, 0.2) is 0 Å².